The predicted octanol–water partition coefficient (Wildman–Crippen LogP) is 2.67. The number of halogens is 1. The Kier molecular flexibility index (Phi) is 9.40. The van der Waals surface area contributed by atoms with Gasteiger partial charge < -0.3 is 15.3 Å². The van der Waals surface area contributed by atoms with Gasteiger partial charge in [0.15, 0.2) is 0 Å². The van der Waals surface area contributed by atoms with Gasteiger partial charge in [-0.15, -0.1) is 11.6 Å². The average Bonchev–Trinajstić information content (AvgIpc) is 2.66. The van der Waals surface area contributed by atoms with Crippen molar-refractivity contribution in [2.45, 2.75) is 72.7 Å². The van der Waals surface area contributed by atoms with Gasteiger partial charge >= 0.3 is 0 Å². The SMILES string of the molecule is C[C@@H]1[C@@H](O)[C@@H](C)C[C@@H](C)C(=O)[C@H](C)[C@@H](O)[C@@H](C)[C@@H](CCl)CC(=O)[C@H](C)[C@H]1O. The third-order valence-electron chi connectivity index (χ3n) is 6.80. The Labute approximate surface area is 168 Å². The summed E-state index contributed by atoms with van der Waals surface area (Å²) < 4.78 is 0. The van der Waals surface area contributed by atoms with Crippen molar-refractivity contribution in [2.75, 3.05) is 5.88 Å². The zero-order valence-corrected chi connectivity index (χ0v) is 18.2. The van der Waals surface area contributed by atoms with Crippen LogP contribution < -0.4 is 0 Å². The monoisotopic (exact) mass is 404 g/mol. The maximum absolute atomic E-state index is 12.8. The number of aliphatic hydroxyl groups is 3. The molecule has 6 heteroatoms. The minimum Gasteiger partial charge on any atom is -0.392 e. The summed E-state index contributed by atoms with van der Waals surface area (Å²) in [6.07, 6.45) is -2.09. The van der Waals surface area contributed by atoms with Crippen molar-refractivity contribution in [2.24, 2.45) is 41.4 Å². The molecule has 0 saturated heterocycles. The van der Waals surface area contributed by atoms with E-state index in [9.17, 15) is 24.9 Å². The Bertz CT molecular complexity index is 511. The molecule has 1 saturated carbocycles. The molecule has 1 rings (SSSR count). The molecular formula is C21H37ClO5. The van der Waals surface area contributed by atoms with Crippen LogP contribution in [0.5, 0.6) is 0 Å². The fourth-order valence-electron chi connectivity index (χ4n) is 4.36. The van der Waals surface area contributed by atoms with E-state index >= 15 is 0 Å². The average molecular weight is 405 g/mol. The third-order valence-corrected chi connectivity index (χ3v) is 7.19. The smallest absolute Gasteiger partial charge is 0.141 e. The molecule has 0 amide bonds. The van der Waals surface area contributed by atoms with E-state index < -0.39 is 36.1 Å². The number of hydrogen-bond acceptors (Lipinski definition) is 5. The largest absolute Gasteiger partial charge is 0.392 e. The number of carbonyl (C=O) groups is 2. The number of hydrogen-bond donors (Lipinski definition) is 3. The van der Waals surface area contributed by atoms with Crippen molar-refractivity contribution < 1.29 is 24.9 Å². The second-order valence-electron chi connectivity index (χ2n) is 8.87. The molecule has 1 aliphatic carbocycles. The van der Waals surface area contributed by atoms with Crippen molar-refractivity contribution in [3.05, 3.63) is 0 Å². The zero-order valence-electron chi connectivity index (χ0n) is 17.4. The number of alkyl halides is 1. The van der Waals surface area contributed by atoms with Crippen LogP contribution in [0.1, 0.15) is 54.4 Å². The molecule has 1 aliphatic rings. The molecule has 5 nitrogen and oxygen atoms in total. The summed E-state index contributed by atoms with van der Waals surface area (Å²) in [5, 5.41) is 32.0. The number of aliphatic hydroxyl groups excluding tert-OH is 3. The molecule has 0 aromatic heterocycles. The highest BCUT2D eigenvalue weighted by atomic mass is 35.5. The first-order valence-corrected chi connectivity index (χ1v) is 10.6. The van der Waals surface area contributed by atoms with Gasteiger partial charge in [-0.2, -0.15) is 0 Å². The van der Waals surface area contributed by atoms with Crippen LogP contribution in [0, 0.1) is 41.4 Å². The number of Topliss-reactive ketones (excluding diaryl/α,β-unsaturated/α-hetero) is 2. The Morgan fingerprint density at radius 3 is 1.89 bits per heavy atom. The minimum atomic E-state index is -0.973. The molecule has 0 spiro atoms. The van der Waals surface area contributed by atoms with Crippen LogP contribution in [0.4, 0.5) is 0 Å². The number of rotatable bonds is 1. The summed E-state index contributed by atoms with van der Waals surface area (Å²) in [6.45, 7) is 10.6. The van der Waals surface area contributed by atoms with Gasteiger partial charge in [0, 0.05) is 36.0 Å². The molecule has 1 fully saturated rings. The van der Waals surface area contributed by atoms with Crippen molar-refractivity contribution >= 4 is 23.2 Å². The lowest BCUT2D eigenvalue weighted by Crippen LogP contribution is -2.43. The van der Waals surface area contributed by atoms with Crippen LogP contribution in [0.3, 0.4) is 0 Å². The second kappa shape index (κ2) is 10.3. The zero-order chi connectivity index (χ0) is 21.0. The first kappa shape index (κ1) is 24.5. The van der Waals surface area contributed by atoms with Gasteiger partial charge in [0.25, 0.3) is 0 Å². The fraction of sp³-hybridized carbons (Fsp3) is 0.905. The van der Waals surface area contributed by atoms with Crippen LogP contribution in [0.15, 0.2) is 0 Å². The number of ketones is 2. The van der Waals surface area contributed by atoms with E-state index in [1.807, 2.05) is 20.8 Å². The van der Waals surface area contributed by atoms with E-state index in [4.69, 9.17) is 11.6 Å². The first-order valence-electron chi connectivity index (χ1n) is 10.1. The summed E-state index contributed by atoms with van der Waals surface area (Å²) in [4.78, 5) is 25.5. The highest BCUT2D eigenvalue weighted by molar-refractivity contribution is 6.18. The van der Waals surface area contributed by atoms with Gasteiger partial charge in [0.2, 0.25) is 0 Å². The molecule has 0 unspecified atom stereocenters. The Morgan fingerprint density at radius 2 is 1.37 bits per heavy atom. The van der Waals surface area contributed by atoms with Crippen molar-refractivity contribution in [1.29, 1.82) is 0 Å². The normalized spacial score (nSPS) is 46.1. The molecule has 0 aliphatic heterocycles. The fourth-order valence-corrected chi connectivity index (χ4v) is 4.75. The van der Waals surface area contributed by atoms with Gasteiger partial charge in [-0.3, -0.25) is 9.59 Å². The molecule has 0 aromatic carbocycles. The Morgan fingerprint density at radius 1 is 0.852 bits per heavy atom. The highest BCUT2D eigenvalue weighted by Gasteiger charge is 2.39. The molecular weight excluding hydrogens is 368 g/mol. The summed E-state index contributed by atoms with van der Waals surface area (Å²) >= 11 is 6.07. The lowest BCUT2D eigenvalue weighted by Gasteiger charge is -2.35. The number of carbonyl (C=O) groups excluding carboxylic acids is 2. The van der Waals surface area contributed by atoms with E-state index in [1.165, 1.54) is 0 Å². The maximum atomic E-state index is 12.8. The molecule has 0 aromatic rings. The summed E-state index contributed by atoms with van der Waals surface area (Å²) in [5.74, 6) is -2.79. The van der Waals surface area contributed by atoms with Gasteiger partial charge in [0.05, 0.1) is 18.3 Å². The third kappa shape index (κ3) is 5.75. The Hall–Kier alpha value is -0.490. The van der Waals surface area contributed by atoms with E-state index in [0.29, 0.717) is 6.42 Å². The molecule has 0 heterocycles. The van der Waals surface area contributed by atoms with Crippen molar-refractivity contribution in [3.8, 4) is 0 Å². The summed E-state index contributed by atoms with van der Waals surface area (Å²) in [5.41, 5.74) is 0. The highest BCUT2D eigenvalue weighted by Crippen LogP contribution is 2.32. The Balaban J connectivity index is 3.23. The lowest BCUT2D eigenvalue weighted by molar-refractivity contribution is -0.134. The van der Waals surface area contributed by atoms with E-state index in [1.54, 1.807) is 20.8 Å². The molecule has 3 N–H and O–H groups in total. The molecule has 0 bridgehead atoms. The molecule has 0 radical (unpaired) electrons. The van der Waals surface area contributed by atoms with Crippen LogP contribution in [-0.2, 0) is 9.59 Å². The standard InChI is InChI=1S/C21H37ClO5/c1-10-7-11(2)19(25)15(6)21(27)13(4)17(23)8-16(9-22)12(3)20(26)14(5)18(10)24/h10-16,19-21,25-27H,7-9H2,1-6H3/t10-,11+,12+,13+,14+,15-,16-,19+,20+,21-/m1/s1. The summed E-state index contributed by atoms with van der Waals surface area (Å²) in [7, 11) is 0. The molecule has 27 heavy (non-hydrogen) atoms. The first-order chi connectivity index (χ1) is 12.4. The van der Waals surface area contributed by atoms with Gasteiger partial charge in [0.1, 0.15) is 11.6 Å². The minimum absolute atomic E-state index is 0.0494. The van der Waals surface area contributed by atoms with Crippen molar-refractivity contribution in [1.82, 2.24) is 0 Å². The van der Waals surface area contributed by atoms with Crippen LogP contribution in [-0.4, -0.2) is 51.1 Å². The second-order valence-corrected chi connectivity index (χ2v) is 9.18. The van der Waals surface area contributed by atoms with E-state index in [-0.39, 0.29) is 47.5 Å². The molecule has 158 valence electrons. The van der Waals surface area contributed by atoms with Gasteiger partial charge in [-0.1, -0.05) is 41.5 Å². The van der Waals surface area contributed by atoms with E-state index in [2.05, 4.69) is 0 Å². The van der Waals surface area contributed by atoms with Crippen LogP contribution >= 0.6 is 11.6 Å². The lowest BCUT2D eigenvalue weighted by atomic mass is 9.73. The quantitative estimate of drug-likeness (QED) is 0.584. The molecule has 10 atom stereocenters. The summed E-state index contributed by atoms with van der Waals surface area (Å²) in [6, 6.07) is 0. The van der Waals surface area contributed by atoms with E-state index in [0.717, 1.165) is 0 Å². The predicted molar refractivity (Wildman–Crippen MR) is 106 cm³/mol. The maximum Gasteiger partial charge on any atom is 0.141 e. The van der Waals surface area contributed by atoms with Gasteiger partial charge in [-0.05, 0) is 24.2 Å². The van der Waals surface area contributed by atoms with Gasteiger partial charge in [-0.25, -0.2) is 0 Å². The van der Waals surface area contributed by atoms with Crippen molar-refractivity contribution in [3.63, 3.8) is 0 Å². The topological polar surface area (TPSA) is 94.8 Å². The van der Waals surface area contributed by atoms with Crippen LogP contribution in [0.25, 0.3) is 0 Å². The van der Waals surface area contributed by atoms with Crippen LogP contribution in [0.2, 0.25) is 0 Å².